The molecule has 0 heterocycles. The van der Waals surface area contributed by atoms with Crippen molar-refractivity contribution in [3.8, 4) is 5.75 Å². The smallest absolute Gasteiger partial charge is 0.306 e. The van der Waals surface area contributed by atoms with Crippen LogP contribution < -0.4 is 4.18 Å². The summed E-state index contributed by atoms with van der Waals surface area (Å²) < 4.78 is 27.3. The molecule has 0 radical (unpaired) electrons. The average Bonchev–Trinajstić information content (AvgIpc) is 2.69. The molecule has 2 aromatic carbocycles. The Balaban J connectivity index is 2.11. The van der Waals surface area contributed by atoms with Crippen molar-refractivity contribution in [3.05, 3.63) is 75.8 Å². The van der Waals surface area contributed by atoms with E-state index in [9.17, 15) is 23.3 Å². The van der Waals surface area contributed by atoms with Crippen LogP contribution >= 0.6 is 0 Å². The van der Waals surface area contributed by atoms with Gasteiger partial charge in [0.25, 0.3) is 5.69 Å². The van der Waals surface area contributed by atoms with Crippen molar-refractivity contribution in [3.63, 3.8) is 0 Å². The molecule has 0 saturated heterocycles. The van der Waals surface area contributed by atoms with E-state index in [0.717, 1.165) is 18.2 Å². The number of carbonyl (C=O) groups is 1. The summed E-state index contributed by atoms with van der Waals surface area (Å²) >= 11 is 0. The first kappa shape index (κ1) is 24.1. The Labute approximate surface area is 182 Å². The van der Waals surface area contributed by atoms with E-state index in [1.54, 1.807) is 47.4 Å². The molecule has 1 amide bonds. The maximum atomic E-state index is 12.8. The second-order valence-electron chi connectivity index (χ2n) is 7.56. The maximum absolute atomic E-state index is 12.8. The third-order valence-corrected chi connectivity index (χ3v) is 4.85. The van der Waals surface area contributed by atoms with E-state index in [0.29, 0.717) is 24.6 Å². The number of hydrogen-bond donors (Lipinski definition) is 0. The van der Waals surface area contributed by atoms with Crippen LogP contribution in [0.2, 0.25) is 0 Å². The van der Waals surface area contributed by atoms with Gasteiger partial charge in [-0.2, -0.15) is 8.42 Å². The Morgan fingerprint density at radius 1 is 1.13 bits per heavy atom. The first-order chi connectivity index (χ1) is 14.5. The minimum atomic E-state index is -3.60. The lowest BCUT2D eigenvalue weighted by atomic mass is 10.1. The van der Waals surface area contributed by atoms with Crippen LogP contribution in [-0.2, 0) is 21.5 Å². The molecule has 9 heteroatoms. The van der Waals surface area contributed by atoms with Crippen LogP contribution in [0.5, 0.6) is 5.75 Å². The van der Waals surface area contributed by atoms with Gasteiger partial charge < -0.3 is 9.08 Å². The van der Waals surface area contributed by atoms with E-state index in [-0.39, 0.29) is 17.3 Å². The summed E-state index contributed by atoms with van der Waals surface area (Å²) in [4.78, 5) is 24.8. The van der Waals surface area contributed by atoms with E-state index >= 15 is 0 Å². The highest BCUT2D eigenvalue weighted by atomic mass is 32.2. The zero-order chi connectivity index (χ0) is 23.0. The van der Waals surface area contributed by atoms with Crippen LogP contribution in [-0.4, -0.2) is 36.9 Å². The summed E-state index contributed by atoms with van der Waals surface area (Å²) in [5.74, 6) is 0.444. The molecule has 0 N–H and O–H groups in total. The third kappa shape index (κ3) is 8.59. The molecular formula is C22H26N2O6S. The quantitative estimate of drug-likeness (QED) is 0.236. The largest absolute Gasteiger partial charge is 0.383 e. The Morgan fingerprint density at radius 3 is 2.26 bits per heavy atom. The Hall–Kier alpha value is -3.20. The molecule has 0 unspecified atom stereocenters. The van der Waals surface area contributed by atoms with Gasteiger partial charge in [-0.25, -0.2) is 0 Å². The van der Waals surface area contributed by atoms with E-state index in [1.165, 1.54) is 18.2 Å². The topological polar surface area (TPSA) is 107 Å². The SMILES string of the molecule is CC(C)CCN(Cc1ccc(OS(C)(=O)=O)cc1)C(=O)C=Cc1ccc([N+](=O)[O-])cc1. The summed E-state index contributed by atoms with van der Waals surface area (Å²) in [5.41, 5.74) is 1.51. The molecule has 0 spiro atoms. The number of hydrogen-bond acceptors (Lipinski definition) is 6. The summed E-state index contributed by atoms with van der Waals surface area (Å²) in [5, 5.41) is 10.7. The van der Waals surface area contributed by atoms with Crippen LogP contribution in [0.3, 0.4) is 0 Å². The Morgan fingerprint density at radius 2 is 1.74 bits per heavy atom. The van der Waals surface area contributed by atoms with Gasteiger partial charge in [-0.3, -0.25) is 14.9 Å². The summed E-state index contributed by atoms with van der Waals surface area (Å²) in [6, 6.07) is 12.5. The highest BCUT2D eigenvalue weighted by Gasteiger charge is 2.13. The molecule has 0 fully saturated rings. The number of benzene rings is 2. The van der Waals surface area contributed by atoms with E-state index in [1.807, 2.05) is 0 Å². The molecule has 0 aromatic heterocycles. The first-order valence-electron chi connectivity index (χ1n) is 9.73. The molecule has 0 atom stereocenters. The van der Waals surface area contributed by atoms with Crippen molar-refractivity contribution in [1.82, 2.24) is 4.90 Å². The fourth-order valence-electron chi connectivity index (χ4n) is 2.71. The minimum absolute atomic E-state index is 0.00895. The Bertz CT molecular complexity index is 1030. The number of nitrogens with zero attached hydrogens (tertiary/aromatic N) is 2. The molecule has 2 aromatic rings. The molecule has 0 aliphatic rings. The lowest BCUT2D eigenvalue weighted by Gasteiger charge is -2.22. The first-order valence-corrected chi connectivity index (χ1v) is 11.5. The van der Waals surface area contributed by atoms with Gasteiger partial charge in [0.05, 0.1) is 11.2 Å². The summed E-state index contributed by atoms with van der Waals surface area (Å²) in [6.07, 6.45) is 4.87. The van der Waals surface area contributed by atoms with Gasteiger partial charge in [0.15, 0.2) is 0 Å². The number of nitro groups is 1. The zero-order valence-electron chi connectivity index (χ0n) is 17.7. The molecule has 0 aliphatic heterocycles. The maximum Gasteiger partial charge on any atom is 0.306 e. The lowest BCUT2D eigenvalue weighted by molar-refractivity contribution is -0.384. The fraction of sp³-hybridized carbons (Fsp3) is 0.318. The van der Waals surface area contributed by atoms with Crippen LogP contribution in [0, 0.1) is 16.0 Å². The summed E-state index contributed by atoms with van der Waals surface area (Å²) in [6.45, 7) is 5.07. The number of non-ortho nitro benzene ring substituents is 1. The van der Waals surface area contributed by atoms with Crippen LogP contribution in [0.4, 0.5) is 5.69 Å². The standard InChI is InChI=1S/C22H26N2O6S/c1-17(2)14-15-23(16-19-6-11-21(12-7-19)30-31(3,28)29)22(25)13-8-18-4-9-20(10-5-18)24(26)27/h4-13,17H,14-16H2,1-3H3. The van der Waals surface area contributed by atoms with E-state index in [4.69, 9.17) is 4.18 Å². The van der Waals surface area contributed by atoms with E-state index in [2.05, 4.69) is 13.8 Å². The van der Waals surface area contributed by atoms with Crippen molar-refractivity contribution < 1.29 is 22.3 Å². The van der Waals surface area contributed by atoms with Gasteiger partial charge in [0, 0.05) is 31.3 Å². The van der Waals surface area contributed by atoms with Gasteiger partial charge in [0.2, 0.25) is 5.91 Å². The van der Waals surface area contributed by atoms with Gasteiger partial charge in [-0.1, -0.05) is 26.0 Å². The monoisotopic (exact) mass is 446 g/mol. The van der Waals surface area contributed by atoms with Crippen molar-refractivity contribution in [1.29, 1.82) is 0 Å². The Kier molecular flexibility index (Phi) is 8.32. The fourth-order valence-corrected chi connectivity index (χ4v) is 3.17. The van der Waals surface area contributed by atoms with Crippen LogP contribution in [0.15, 0.2) is 54.6 Å². The second kappa shape index (κ2) is 10.7. The minimum Gasteiger partial charge on any atom is -0.383 e. The predicted molar refractivity (Wildman–Crippen MR) is 119 cm³/mol. The van der Waals surface area contributed by atoms with Gasteiger partial charge in [-0.05, 0) is 53.8 Å². The predicted octanol–water partition coefficient (Wildman–Crippen LogP) is 4.02. The van der Waals surface area contributed by atoms with Gasteiger partial charge in [-0.15, -0.1) is 0 Å². The zero-order valence-corrected chi connectivity index (χ0v) is 18.5. The number of nitro benzene ring substituents is 1. The second-order valence-corrected chi connectivity index (χ2v) is 9.13. The van der Waals surface area contributed by atoms with Crippen LogP contribution in [0.25, 0.3) is 6.08 Å². The van der Waals surface area contributed by atoms with Crippen molar-refractivity contribution in [2.75, 3.05) is 12.8 Å². The molecule has 166 valence electrons. The summed E-state index contributed by atoms with van der Waals surface area (Å²) in [7, 11) is -3.60. The highest BCUT2D eigenvalue weighted by Crippen LogP contribution is 2.17. The molecule has 0 bridgehead atoms. The molecule has 0 aliphatic carbocycles. The number of amides is 1. The van der Waals surface area contributed by atoms with Gasteiger partial charge >= 0.3 is 10.1 Å². The van der Waals surface area contributed by atoms with Crippen molar-refractivity contribution in [2.24, 2.45) is 5.92 Å². The lowest BCUT2D eigenvalue weighted by Crippen LogP contribution is -2.30. The molecular weight excluding hydrogens is 420 g/mol. The average molecular weight is 447 g/mol. The molecule has 0 saturated carbocycles. The normalized spacial score (nSPS) is 11.6. The van der Waals surface area contributed by atoms with E-state index < -0.39 is 15.0 Å². The molecule has 2 rings (SSSR count). The highest BCUT2D eigenvalue weighted by molar-refractivity contribution is 7.86. The number of rotatable bonds is 10. The van der Waals surface area contributed by atoms with Gasteiger partial charge in [0.1, 0.15) is 5.75 Å². The van der Waals surface area contributed by atoms with Crippen molar-refractivity contribution >= 4 is 27.8 Å². The number of carbonyl (C=O) groups excluding carboxylic acids is 1. The van der Waals surface area contributed by atoms with Crippen LogP contribution in [0.1, 0.15) is 31.4 Å². The van der Waals surface area contributed by atoms with Crippen molar-refractivity contribution in [2.45, 2.75) is 26.8 Å². The third-order valence-electron chi connectivity index (χ3n) is 4.35. The molecule has 8 nitrogen and oxygen atoms in total. The molecule has 31 heavy (non-hydrogen) atoms.